The number of aromatic nitrogens is 7. The number of fused-ring (bicyclic) bond motifs is 1. The van der Waals surface area contributed by atoms with Crippen molar-refractivity contribution in [1.82, 2.24) is 29.5 Å². The maximum absolute atomic E-state index is 14.1. The monoisotopic (exact) mass is 534 g/mol. The summed E-state index contributed by atoms with van der Waals surface area (Å²) in [4.78, 5) is 18.4. The molecule has 0 saturated heterocycles. The number of nitrogens with two attached hydrogens (primary N) is 2. The van der Waals surface area contributed by atoms with Crippen LogP contribution >= 0.6 is 0 Å². The lowest BCUT2D eigenvalue weighted by Gasteiger charge is -2.16. The van der Waals surface area contributed by atoms with Crippen LogP contribution in [0.1, 0.15) is 18.0 Å². The molecule has 2 aromatic carbocycles. The molecule has 200 valence electrons. The van der Waals surface area contributed by atoms with Crippen molar-refractivity contribution in [2.75, 3.05) is 11.5 Å². The van der Waals surface area contributed by atoms with Gasteiger partial charge in [0.1, 0.15) is 0 Å². The van der Waals surface area contributed by atoms with Gasteiger partial charge in [0.25, 0.3) is 11.4 Å². The van der Waals surface area contributed by atoms with Gasteiger partial charge < -0.3 is 15.9 Å². The van der Waals surface area contributed by atoms with Gasteiger partial charge in [-0.2, -0.15) is 5.10 Å². The van der Waals surface area contributed by atoms with Gasteiger partial charge in [0, 0.05) is 37.1 Å². The number of para-hydroxylation sites is 1. The number of pyridine rings is 1. The molecule has 0 saturated carbocycles. The molecule has 0 aliphatic rings. The molecule has 0 radical (unpaired) electrons. The van der Waals surface area contributed by atoms with Crippen LogP contribution in [0.5, 0.6) is 0 Å². The summed E-state index contributed by atoms with van der Waals surface area (Å²) < 4.78 is 10.9. The van der Waals surface area contributed by atoms with Gasteiger partial charge in [-0.3, -0.25) is 14.0 Å². The topological polar surface area (TPSA) is 148 Å². The summed E-state index contributed by atoms with van der Waals surface area (Å²) in [6, 6.07) is 17.7. The number of nitrogen functional groups attached to an aromatic ring is 2. The number of rotatable bonds is 7. The maximum atomic E-state index is 14.1. The van der Waals surface area contributed by atoms with E-state index in [9.17, 15) is 4.79 Å². The molecule has 4 N–H and O–H groups in total. The second-order valence-electron chi connectivity index (χ2n) is 9.60. The van der Waals surface area contributed by atoms with Crippen LogP contribution in [-0.4, -0.2) is 29.5 Å². The van der Waals surface area contributed by atoms with Crippen LogP contribution in [0.3, 0.4) is 0 Å². The third-order valence-corrected chi connectivity index (χ3v) is 6.88. The van der Waals surface area contributed by atoms with Crippen molar-refractivity contribution in [1.29, 1.82) is 0 Å². The first-order valence-electron chi connectivity index (χ1n) is 12.9. The number of hydrogen-bond acceptors (Lipinski definition) is 8. The Labute approximate surface area is 229 Å². The van der Waals surface area contributed by atoms with Crippen LogP contribution < -0.4 is 21.6 Å². The Kier molecular flexibility index (Phi) is 6.31. The normalized spacial score (nSPS) is 11.3. The summed E-state index contributed by atoms with van der Waals surface area (Å²) in [7, 11) is 1.86. The maximum Gasteiger partial charge on any atom is 0.263 e. The second kappa shape index (κ2) is 10.1. The van der Waals surface area contributed by atoms with Crippen molar-refractivity contribution in [2.24, 2.45) is 7.05 Å². The van der Waals surface area contributed by atoms with Crippen LogP contribution in [0.25, 0.3) is 39.0 Å². The van der Waals surface area contributed by atoms with Gasteiger partial charge in [0.15, 0.2) is 5.56 Å². The van der Waals surface area contributed by atoms with Gasteiger partial charge in [-0.25, -0.2) is 4.57 Å². The average Bonchev–Trinajstić information content (AvgIpc) is 3.58. The Morgan fingerprint density at radius 2 is 1.88 bits per heavy atom. The second-order valence-corrected chi connectivity index (χ2v) is 9.60. The largest absolute Gasteiger partial charge is 0.421 e. The van der Waals surface area contributed by atoms with Crippen LogP contribution in [0.4, 0.5) is 11.6 Å². The standard InChI is InChI=1S/C29H27N9O2/c1-18-34-35-28(40-18)25-26(30)32-17-37(27(25)31)13-7-11-22-14-19-8-6-12-23(20-15-33-36(2)16-20)24(19)29(39)38(22)21-9-4-3-5-10-21/h3-6,8-10,12,14-17H,7,11,13H2,1-2H3,(H3,30,31,35)/p+1. The molecule has 0 unspecified atom stereocenters. The molecule has 6 aromatic rings. The molecule has 11 heteroatoms. The van der Waals surface area contributed by atoms with Crippen LogP contribution in [0.2, 0.25) is 0 Å². The zero-order chi connectivity index (χ0) is 27.8. The molecule has 4 heterocycles. The third kappa shape index (κ3) is 4.47. The number of aryl methyl sites for hydroxylation is 4. The van der Waals surface area contributed by atoms with Crippen LogP contribution in [0, 0.1) is 6.92 Å². The fourth-order valence-corrected chi connectivity index (χ4v) is 5.02. The lowest BCUT2D eigenvalue weighted by Crippen LogP contribution is -2.39. The summed E-state index contributed by atoms with van der Waals surface area (Å²) in [5.74, 6) is 1.24. The predicted molar refractivity (Wildman–Crippen MR) is 151 cm³/mol. The Balaban J connectivity index is 1.39. The fourth-order valence-electron chi connectivity index (χ4n) is 5.02. The first kappa shape index (κ1) is 25.0. The van der Waals surface area contributed by atoms with Crippen molar-refractivity contribution in [3.05, 3.63) is 95.3 Å². The quantitative estimate of drug-likeness (QED) is 0.297. The van der Waals surface area contributed by atoms with Gasteiger partial charge in [0.2, 0.25) is 23.9 Å². The zero-order valence-electron chi connectivity index (χ0n) is 22.2. The molecule has 4 aromatic heterocycles. The van der Waals surface area contributed by atoms with Gasteiger partial charge in [0.05, 0.1) is 18.1 Å². The zero-order valence-corrected chi connectivity index (χ0v) is 22.2. The Morgan fingerprint density at radius 3 is 2.60 bits per heavy atom. The predicted octanol–water partition coefficient (Wildman–Crippen LogP) is 3.23. The van der Waals surface area contributed by atoms with Crippen LogP contribution in [0.15, 0.2) is 82.5 Å². The molecule has 0 fully saturated rings. The molecule has 0 spiro atoms. The molecular weight excluding hydrogens is 506 g/mol. The van der Waals surface area contributed by atoms with Crippen molar-refractivity contribution in [3.63, 3.8) is 0 Å². The molecule has 0 amide bonds. The minimum atomic E-state index is -0.0754. The van der Waals surface area contributed by atoms with Crippen molar-refractivity contribution >= 4 is 22.4 Å². The van der Waals surface area contributed by atoms with E-state index in [0.717, 1.165) is 27.9 Å². The number of benzene rings is 2. The highest BCUT2D eigenvalue weighted by atomic mass is 16.4. The van der Waals surface area contributed by atoms with E-state index < -0.39 is 0 Å². The molecule has 0 aliphatic heterocycles. The van der Waals surface area contributed by atoms with E-state index in [2.05, 4.69) is 26.3 Å². The molecule has 0 bridgehead atoms. The summed E-state index contributed by atoms with van der Waals surface area (Å²) in [5, 5.41) is 13.8. The summed E-state index contributed by atoms with van der Waals surface area (Å²) in [5.41, 5.74) is 16.3. The number of nitrogens with zero attached hydrogens (tertiary/aromatic N) is 7. The minimum Gasteiger partial charge on any atom is -0.421 e. The first-order valence-corrected chi connectivity index (χ1v) is 12.9. The molecule has 40 heavy (non-hydrogen) atoms. The smallest absolute Gasteiger partial charge is 0.263 e. The van der Waals surface area contributed by atoms with E-state index >= 15 is 0 Å². The highest BCUT2D eigenvalue weighted by Gasteiger charge is 2.23. The van der Waals surface area contributed by atoms with E-state index in [0.29, 0.717) is 42.0 Å². The third-order valence-electron chi connectivity index (χ3n) is 6.88. The van der Waals surface area contributed by atoms with Gasteiger partial charge in [-0.1, -0.05) is 41.4 Å². The number of anilines is 2. The fraction of sp³-hybridized carbons (Fsp3) is 0.172. The van der Waals surface area contributed by atoms with E-state index in [1.807, 2.05) is 61.8 Å². The summed E-state index contributed by atoms with van der Waals surface area (Å²) in [6.45, 7) is 2.23. The molecular formula is C29H28N9O2+. The van der Waals surface area contributed by atoms with Gasteiger partial charge in [-0.05, 0) is 42.0 Å². The average molecular weight is 535 g/mol. The summed E-state index contributed by atoms with van der Waals surface area (Å²) in [6.07, 6.45) is 6.59. The molecule has 6 rings (SSSR count). The van der Waals surface area contributed by atoms with Gasteiger partial charge in [-0.15, -0.1) is 10.2 Å². The van der Waals surface area contributed by atoms with E-state index in [-0.39, 0.29) is 17.3 Å². The summed E-state index contributed by atoms with van der Waals surface area (Å²) >= 11 is 0. The highest BCUT2D eigenvalue weighted by Crippen LogP contribution is 2.29. The van der Waals surface area contributed by atoms with Crippen LogP contribution in [-0.2, 0) is 20.0 Å². The Morgan fingerprint density at radius 1 is 1.05 bits per heavy atom. The van der Waals surface area contributed by atoms with E-state index in [1.165, 1.54) is 0 Å². The van der Waals surface area contributed by atoms with Crippen molar-refractivity contribution in [3.8, 4) is 28.3 Å². The molecule has 11 nitrogen and oxygen atoms in total. The molecule has 0 aliphatic carbocycles. The molecule has 0 atom stereocenters. The first-order chi connectivity index (χ1) is 19.4. The Bertz CT molecular complexity index is 1900. The minimum absolute atomic E-state index is 0.0754. The van der Waals surface area contributed by atoms with Gasteiger partial charge >= 0.3 is 0 Å². The number of hydrogen-bond donors (Lipinski definition) is 2. The Hall–Kier alpha value is -5.32. The highest BCUT2D eigenvalue weighted by molar-refractivity contribution is 5.96. The SMILES string of the molecule is Cc1nnc(-c2c(N)nc[n+](CCCc3cc4cccc(-c5cnn(C)c5)c4c(=O)n3-c3ccccc3)c2N)o1. The lowest BCUT2D eigenvalue weighted by atomic mass is 10.00. The lowest BCUT2D eigenvalue weighted by molar-refractivity contribution is -0.685. The van der Waals surface area contributed by atoms with E-state index in [1.54, 1.807) is 33.3 Å². The van der Waals surface area contributed by atoms with Crippen molar-refractivity contribution in [2.45, 2.75) is 26.3 Å². The van der Waals surface area contributed by atoms with Crippen molar-refractivity contribution < 1.29 is 8.98 Å². The van der Waals surface area contributed by atoms with E-state index in [4.69, 9.17) is 15.9 Å².